The van der Waals surface area contributed by atoms with Crippen molar-refractivity contribution in [2.45, 2.75) is 27.2 Å². The molecule has 0 aliphatic rings. The van der Waals surface area contributed by atoms with Crippen LogP contribution in [0.3, 0.4) is 0 Å². The number of hydrogen-bond donors (Lipinski definition) is 0. The Morgan fingerprint density at radius 1 is 0.864 bits per heavy atom. The number of ether oxygens (including phenoxy) is 2. The van der Waals surface area contributed by atoms with Gasteiger partial charge in [-0.15, -0.1) is 0 Å². The summed E-state index contributed by atoms with van der Waals surface area (Å²) in [5.74, 6) is 0. The van der Waals surface area contributed by atoms with E-state index in [4.69, 9.17) is 9.47 Å². The first-order chi connectivity index (χ1) is 10.7. The van der Waals surface area contributed by atoms with E-state index < -0.39 is 0 Å². The smallest absolute Gasteiger partial charge is 0.0701 e. The minimum atomic E-state index is 0.631. The van der Waals surface area contributed by atoms with Crippen molar-refractivity contribution in [3.63, 3.8) is 0 Å². The van der Waals surface area contributed by atoms with Crippen molar-refractivity contribution in [1.82, 2.24) is 0 Å². The van der Waals surface area contributed by atoms with E-state index in [0.29, 0.717) is 26.4 Å². The Hall–Kier alpha value is -1.52. The molecule has 1 rings (SSSR count). The van der Waals surface area contributed by atoms with E-state index in [0.717, 1.165) is 35.6 Å². The summed E-state index contributed by atoms with van der Waals surface area (Å²) in [4.78, 5) is 8.73. The fourth-order valence-electron chi connectivity index (χ4n) is 1.92. The van der Waals surface area contributed by atoms with Crippen molar-refractivity contribution >= 4 is 11.4 Å². The van der Waals surface area contributed by atoms with Crippen molar-refractivity contribution in [1.29, 1.82) is 0 Å². The standard InChI is InChI=1S/C18H28N2O2/c1-5-11-21-13-14-22-12-10-20-16(3)18-8-6-17(7-9-18)15(2)19-4/h6-9H,5,10-14H2,1-4H3/b19-15+,20-16+. The molecule has 0 amide bonds. The van der Waals surface area contributed by atoms with Crippen LogP contribution < -0.4 is 0 Å². The molecule has 22 heavy (non-hydrogen) atoms. The van der Waals surface area contributed by atoms with Crippen molar-refractivity contribution in [2.24, 2.45) is 9.98 Å². The second-order valence-corrected chi connectivity index (χ2v) is 5.08. The van der Waals surface area contributed by atoms with Gasteiger partial charge in [0.05, 0.1) is 26.4 Å². The molecule has 0 N–H and O–H groups in total. The Labute approximate surface area is 134 Å². The molecule has 4 heteroatoms. The Bertz CT molecular complexity index is 478. The summed E-state index contributed by atoms with van der Waals surface area (Å²) >= 11 is 0. The average molecular weight is 304 g/mol. The van der Waals surface area contributed by atoms with Gasteiger partial charge in [0, 0.05) is 25.1 Å². The van der Waals surface area contributed by atoms with E-state index >= 15 is 0 Å². The number of nitrogens with zero attached hydrogens (tertiary/aromatic N) is 2. The molecule has 0 radical (unpaired) electrons. The predicted octanol–water partition coefficient (Wildman–Crippen LogP) is 3.38. The minimum absolute atomic E-state index is 0.631. The molecule has 0 heterocycles. The Morgan fingerprint density at radius 3 is 1.95 bits per heavy atom. The molecule has 0 fully saturated rings. The normalized spacial score (nSPS) is 12.7. The van der Waals surface area contributed by atoms with Crippen molar-refractivity contribution in [2.75, 3.05) is 40.0 Å². The summed E-state index contributed by atoms with van der Waals surface area (Å²) in [6.07, 6.45) is 1.05. The monoisotopic (exact) mass is 304 g/mol. The van der Waals surface area contributed by atoms with Crippen LogP contribution in [0.4, 0.5) is 0 Å². The van der Waals surface area contributed by atoms with Crippen LogP contribution in [0, 0.1) is 0 Å². The van der Waals surface area contributed by atoms with Gasteiger partial charge in [-0.3, -0.25) is 9.98 Å². The highest BCUT2D eigenvalue weighted by atomic mass is 16.5. The molecular formula is C18H28N2O2. The number of hydrogen-bond acceptors (Lipinski definition) is 4. The topological polar surface area (TPSA) is 43.2 Å². The van der Waals surface area contributed by atoms with Crippen LogP contribution in [-0.2, 0) is 9.47 Å². The first kappa shape index (κ1) is 18.5. The quantitative estimate of drug-likeness (QED) is 0.491. The van der Waals surface area contributed by atoms with Gasteiger partial charge in [0.15, 0.2) is 0 Å². The highest BCUT2D eigenvalue weighted by Crippen LogP contribution is 2.07. The summed E-state index contributed by atoms with van der Waals surface area (Å²) in [5, 5.41) is 0. The van der Waals surface area contributed by atoms with E-state index in [1.165, 1.54) is 0 Å². The lowest BCUT2D eigenvalue weighted by Gasteiger charge is -2.05. The number of benzene rings is 1. The average Bonchev–Trinajstić information content (AvgIpc) is 2.56. The van der Waals surface area contributed by atoms with E-state index in [-0.39, 0.29) is 0 Å². The lowest BCUT2D eigenvalue weighted by atomic mass is 10.1. The van der Waals surface area contributed by atoms with Gasteiger partial charge in [0.1, 0.15) is 0 Å². The zero-order valence-electron chi connectivity index (χ0n) is 14.3. The van der Waals surface area contributed by atoms with Crippen LogP contribution >= 0.6 is 0 Å². The second-order valence-electron chi connectivity index (χ2n) is 5.08. The summed E-state index contributed by atoms with van der Waals surface area (Å²) < 4.78 is 10.8. The van der Waals surface area contributed by atoms with Gasteiger partial charge in [-0.25, -0.2) is 0 Å². The van der Waals surface area contributed by atoms with Gasteiger partial charge in [-0.2, -0.15) is 0 Å². The summed E-state index contributed by atoms with van der Waals surface area (Å²) in [6, 6.07) is 8.33. The van der Waals surface area contributed by atoms with E-state index in [9.17, 15) is 0 Å². The first-order valence-corrected chi connectivity index (χ1v) is 7.89. The largest absolute Gasteiger partial charge is 0.379 e. The molecule has 0 saturated heterocycles. The van der Waals surface area contributed by atoms with Gasteiger partial charge in [-0.05, 0) is 31.4 Å². The van der Waals surface area contributed by atoms with E-state index in [2.05, 4.69) is 41.2 Å². The Balaban J connectivity index is 2.33. The third-order valence-corrected chi connectivity index (χ3v) is 3.36. The zero-order valence-corrected chi connectivity index (χ0v) is 14.3. The maximum atomic E-state index is 5.48. The summed E-state index contributed by atoms with van der Waals surface area (Å²) in [7, 11) is 1.81. The molecule has 0 bridgehead atoms. The van der Waals surface area contributed by atoms with Gasteiger partial charge >= 0.3 is 0 Å². The van der Waals surface area contributed by atoms with Crippen LogP contribution in [0.1, 0.15) is 38.3 Å². The van der Waals surface area contributed by atoms with Crippen LogP contribution in [0.25, 0.3) is 0 Å². The van der Waals surface area contributed by atoms with Crippen LogP contribution in [0.2, 0.25) is 0 Å². The molecule has 0 aliphatic carbocycles. The molecule has 0 unspecified atom stereocenters. The molecule has 0 saturated carbocycles. The fraction of sp³-hybridized carbons (Fsp3) is 0.556. The van der Waals surface area contributed by atoms with Crippen LogP contribution in [0.5, 0.6) is 0 Å². The molecular weight excluding hydrogens is 276 g/mol. The maximum Gasteiger partial charge on any atom is 0.0701 e. The van der Waals surface area contributed by atoms with E-state index in [1.54, 1.807) is 0 Å². The van der Waals surface area contributed by atoms with Gasteiger partial charge in [0.25, 0.3) is 0 Å². The fourth-order valence-corrected chi connectivity index (χ4v) is 1.92. The molecule has 0 spiro atoms. The summed E-state index contributed by atoms with van der Waals surface area (Å²) in [5.41, 5.74) is 4.36. The SMILES string of the molecule is CCCOCCOCC/N=C(\C)c1ccc(/C(C)=N/C)cc1. The highest BCUT2D eigenvalue weighted by Gasteiger charge is 2.00. The van der Waals surface area contributed by atoms with Gasteiger partial charge in [-0.1, -0.05) is 31.2 Å². The molecule has 0 aromatic heterocycles. The van der Waals surface area contributed by atoms with Crippen molar-refractivity contribution in [3.8, 4) is 0 Å². The minimum Gasteiger partial charge on any atom is -0.379 e. The van der Waals surface area contributed by atoms with Gasteiger partial charge < -0.3 is 9.47 Å². The van der Waals surface area contributed by atoms with Gasteiger partial charge in [0.2, 0.25) is 0 Å². The predicted molar refractivity (Wildman–Crippen MR) is 93.6 cm³/mol. The Kier molecular flexibility index (Phi) is 9.35. The lowest BCUT2D eigenvalue weighted by Crippen LogP contribution is -2.08. The second kappa shape index (κ2) is 11.1. The molecule has 4 nitrogen and oxygen atoms in total. The first-order valence-electron chi connectivity index (χ1n) is 7.89. The molecule has 1 aromatic rings. The van der Waals surface area contributed by atoms with Crippen LogP contribution in [0.15, 0.2) is 34.3 Å². The van der Waals surface area contributed by atoms with Crippen molar-refractivity contribution < 1.29 is 9.47 Å². The van der Waals surface area contributed by atoms with Crippen LogP contribution in [-0.4, -0.2) is 51.4 Å². The number of aliphatic imine (C=N–C) groups is 2. The summed E-state index contributed by atoms with van der Waals surface area (Å²) in [6.45, 7) is 9.55. The lowest BCUT2D eigenvalue weighted by molar-refractivity contribution is 0.0511. The van der Waals surface area contributed by atoms with E-state index in [1.807, 2.05) is 20.9 Å². The Morgan fingerprint density at radius 2 is 1.41 bits per heavy atom. The third-order valence-electron chi connectivity index (χ3n) is 3.36. The highest BCUT2D eigenvalue weighted by molar-refractivity contribution is 6.01. The third kappa shape index (κ3) is 6.96. The molecule has 1 aromatic carbocycles. The molecule has 122 valence electrons. The number of rotatable bonds is 10. The molecule has 0 aliphatic heterocycles. The van der Waals surface area contributed by atoms with Crippen molar-refractivity contribution in [3.05, 3.63) is 35.4 Å². The molecule has 0 atom stereocenters. The zero-order chi connectivity index (χ0) is 16.2. The maximum absolute atomic E-state index is 5.48.